The maximum Gasteiger partial charge on any atom is 0.257 e. The van der Waals surface area contributed by atoms with E-state index in [9.17, 15) is 13.6 Å². The van der Waals surface area contributed by atoms with Gasteiger partial charge >= 0.3 is 0 Å². The lowest BCUT2D eigenvalue weighted by Crippen LogP contribution is -2.51. The van der Waals surface area contributed by atoms with Crippen molar-refractivity contribution in [1.82, 2.24) is 10.2 Å². The first-order valence-electron chi connectivity index (χ1n) is 5.97. The number of piperazine rings is 1. The number of hydrogen-bond acceptors (Lipinski definition) is 2. The van der Waals surface area contributed by atoms with Gasteiger partial charge in [0.2, 0.25) is 0 Å². The van der Waals surface area contributed by atoms with E-state index in [-0.39, 0.29) is 17.2 Å². The minimum absolute atomic E-state index is 0.168. The maximum absolute atomic E-state index is 13.7. The Hall–Kier alpha value is -1.49. The van der Waals surface area contributed by atoms with Crippen LogP contribution < -0.4 is 5.32 Å². The fourth-order valence-electron chi connectivity index (χ4n) is 2.10. The molecule has 0 spiro atoms. The third-order valence-electron chi connectivity index (χ3n) is 3.13. The van der Waals surface area contributed by atoms with Crippen molar-refractivity contribution in [1.29, 1.82) is 0 Å². The molecule has 1 atom stereocenters. The first-order chi connectivity index (χ1) is 8.49. The summed E-state index contributed by atoms with van der Waals surface area (Å²) in [7, 11) is 0. The molecule has 2 rings (SSSR count). The average molecular weight is 254 g/mol. The maximum atomic E-state index is 13.7. The highest BCUT2D eigenvalue weighted by Gasteiger charge is 2.24. The molecule has 0 bridgehead atoms. The van der Waals surface area contributed by atoms with Gasteiger partial charge in [-0.15, -0.1) is 0 Å². The van der Waals surface area contributed by atoms with Crippen LogP contribution in [0.3, 0.4) is 0 Å². The van der Waals surface area contributed by atoms with Gasteiger partial charge in [-0.3, -0.25) is 4.79 Å². The lowest BCUT2D eigenvalue weighted by Gasteiger charge is -2.32. The topological polar surface area (TPSA) is 32.3 Å². The Labute approximate surface area is 105 Å². The monoisotopic (exact) mass is 254 g/mol. The molecule has 5 heteroatoms. The molecule has 0 aromatic heterocycles. The lowest BCUT2D eigenvalue weighted by molar-refractivity contribution is 0.0704. The molecular formula is C13H16F2N2O. The van der Waals surface area contributed by atoms with Gasteiger partial charge in [-0.05, 0) is 31.5 Å². The van der Waals surface area contributed by atoms with Crippen molar-refractivity contribution in [3.63, 3.8) is 0 Å². The molecule has 3 nitrogen and oxygen atoms in total. The van der Waals surface area contributed by atoms with Crippen LogP contribution in [0.15, 0.2) is 12.1 Å². The normalized spacial score (nSPS) is 20.0. The molecule has 98 valence electrons. The third kappa shape index (κ3) is 2.51. The van der Waals surface area contributed by atoms with Gasteiger partial charge in [0.25, 0.3) is 5.91 Å². The average Bonchev–Trinajstić information content (AvgIpc) is 2.33. The van der Waals surface area contributed by atoms with E-state index in [0.29, 0.717) is 19.6 Å². The molecule has 18 heavy (non-hydrogen) atoms. The lowest BCUT2D eigenvalue weighted by atomic mass is 10.1. The highest BCUT2D eigenvalue weighted by Crippen LogP contribution is 2.17. The Kier molecular flexibility index (Phi) is 3.61. The number of benzene rings is 1. The van der Waals surface area contributed by atoms with Gasteiger partial charge in [-0.2, -0.15) is 0 Å². The van der Waals surface area contributed by atoms with Crippen molar-refractivity contribution >= 4 is 5.91 Å². The molecule has 1 aliphatic heterocycles. The minimum atomic E-state index is -0.662. The molecule has 1 aliphatic rings. The molecule has 0 radical (unpaired) electrons. The molecule has 1 N–H and O–H groups in total. The van der Waals surface area contributed by atoms with E-state index < -0.39 is 17.5 Å². The van der Waals surface area contributed by atoms with Gasteiger partial charge < -0.3 is 10.2 Å². The van der Waals surface area contributed by atoms with Crippen LogP contribution in [0, 0.1) is 18.6 Å². The van der Waals surface area contributed by atoms with Crippen molar-refractivity contribution in [2.75, 3.05) is 19.6 Å². The predicted molar refractivity (Wildman–Crippen MR) is 64.5 cm³/mol. The zero-order valence-electron chi connectivity index (χ0n) is 10.5. The van der Waals surface area contributed by atoms with Crippen LogP contribution in [-0.4, -0.2) is 36.5 Å². The summed E-state index contributed by atoms with van der Waals surface area (Å²) in [5, 5.41) is 3.19. The Morgan fingerprint density at radius 1 is 1.39 bits per heavy atom. The van der Waals surface area contributed by atoms with Crippen LogP contribution in [0.25, 0.3) is 0 Å². The van der Waals surface area contributed by atoms with E-state index in [1.807, 2.05) is 6.92 Å². The van der Waals surface area contributed by atoms with Crippen molar-refractivity contribution in [3.05, 3.63) is 34.9 Å². The second kappa shape index (κ2) is 5.02. The molecular weight excluding hydrogens is 238 g/mol. The Balaban J connectivity index is 2.25. The van der Waals surface area contributed by atoms with Crippen molar-refractivity contribution in [2.24, 2.45) is 0 Å². The zero-order chi connectivity index (χ0) is 13.3. The second-order valence-electron chi connectivity index (χ2n) is 4.69. The summed E-state index contributed by atoms with van der Waals surface area (Å²) in [6.45, 7) is 5.11. The summed E-state index contributed by atoms with van der Waals surface area (Å²) < 4.78 is 27.1. The molecule has 0 saturated carbocycles. The van der Waals surface area contributed by atoms with E-state index in [1.165, 1.54) is 6.92 Å². The number of amides is 1. The quantitative estimate of drug-likeness (QED) is 0.827. The number of nitrogens with zero attached hydrogens (tertiary/aromatic N) is 1. The van der Waals surface area contributed by atoms with E-state index in [0.717, 1.165) is 12.1 Å². The Morgan fingerprint density at radius 2 is 2.11 bits per heavy atom. The summed E-state index contributed by atoms with van der Waals surface area (Å²) in [6.07, 6.45) is 0. The first kappa shape index (κ1) is 13.0. The summed E-state index contributed by atoms with van der Waals surface area (Å²) in [5.41, 5.74) is 0.0185. The van der Waals surface area contributed by atoms with Gasteiger partial charge in [0.1, 0.15) is 11.6 Å². The third-order valence-corrected chi connectivity index (χ3v) is 3.13. The van der Waals surface area contributed by atoms with Gasteiger partial charge in [-0.1, -0.05) is 0 Å². The Bertz CT molecular complexity index is 476. The van der Waals surface area contributed by atoms with Crippen LogP contribution >= 0.6 is 0 Å². The van der Waals surface area contributed by atoms with Gasteiger partial charge in [0, 0.05) is 25.7 Å². The van der Waals surface area contributed by atoms with E-state index in [4.69, 9.17) is 0 Å². The molecule has 1 aromatic carbocycles. The highest BCUT2D eigenvalue weighted by atomic mass is 19.1. The number of carbonyl (C=O) groups is 1. The number of hydrogen-bond donors (Lipinski definition) is 1. The molecule has 1 heterocycles. The summed E-state index contributed by atoms with van der Waals surface area (Å²) >= 11 is 0. The van der Waals surface area contributed by atoms with Crippen LogP contribution in [-0.2, 0) is 0 Å². The standard InChI is InChI=1S/C13H16F2N2O/c1-8-5-12(15)10(6-11(8)14)13(18)17-4-3-16-9(2)7-17/h5-6,9,16H,3-4,7H2,1-2H3/t9-/m1/s1. The first-order valence-corrected chi connectivity index (χ1v) is 5.97. The minimum Gasteiger partial charge on any atom is -0.336 e. The summed E-state index contributed by atoms with van der Waals surface area (Å²) in [5.74, 6) is -1.66. The number of carbonyl (C=O) groups excluding carboxylic acids is 1. The van der Waals surface area contributed by atoms with E-state index in [1.54, 1.807) is 4.90 Å². The fourth-order valence-corrected chi connectivity index (χ4v) is 2.10. The smallest absolute Gasteiger partial charge is 0.257 e. The van der Waals surface area contributed by atoms with Crippen LogP contribution in [0.5, 0.6) is 0 Å². The Morgan fingerprint density at radius 3 is 2.78 bits per heavy atom. The molecule has 1 fully saturated rings. The van der Waals surface area contributed by atoms with Crippen molar-refractivity contribution in [2.45, 2.75) is 19.9 Å². The fraction of sp³-hybridized carbons (Fsp3) is 0.462. The molecule has 1 aromatic rings. The highest BCUT2D eigenvalue weighted by molar-refractivity contribution is 5.94. The van der Waals surface area contributed by atoms with Gasteiger partial charge in [0.05, 0.1) is 5.56 Å². The van der Waals surface area contributed by atoms with Gasteiger partial charge in [0.15, 0.2) is 0 Å². The number of rotatable bonds is 1. The van der Waals surface area contributed by atoms with Crippen molar-refractivity contribution < 1.29 is 13.6 Å². The molecule has 1 saturated heterocycles. The molecule has 0 unspecified atom stereocenters. The summed E-state index contributed by atoms with van der Waals surface area (Å²) in [4.78, 5) is 13.7. The largest absolute Gasteiger partial charge is 0.336 e. The van der Waals surface area contributed by atoms with Crippen LogP contribution in [0.2, 0.25) is 0 Å². The molecule has 1 amide bonds. The van der Waals surface area contributed by atoms with Crippen LogP contribution in [0.1, 0.15) is 22.8 Å². The van der Waals surface area contributed by atoms with Gasteiger partial charge in [-0.25, -0.2) is 8.78 Å². The van der Waals surface area contributed by atoms with Crippen molar-refractivity contribution in [3.8, 4) is 0 Å². The predicted octanol–water partition coefficient (Wildman–Crippen LogP) is 1.71. The van der Waals surface area contributed by atoms with E-state index in [2.05, 4.69) is 5.32 Å². The van der Waals surface area contributed by atoms with E-state index >= 15 is 0 Å². The summed E-state index contributed by atoms with van der Waals surface area (Å²) in [6, 6.07) is 2.22. The second-order valence-corrected chi connectivity index (χ2v) is 4.69. The SMILES string of the molecule is Cc1cc(F)c(C(=O)N2CCN[C@H](C)C2)cc1F. The number of halogens is 2. The number of nitrogens with one attached hydrogen (secondary N) is 1. The molecule has 0 aliphatic carbocycles. The van der Waals surface area contributed by atoms with Crippen LogP contribution in [0.4, 0.5) is 8.78 Å². The zero-order valence-corrected chi connectivity index (χ0v) is 10.5. The number of aryl methyl sites for hydroxylation is 1.